The van der Waals surface area contributed by atoms with Crippen molar-refractivity contribution in [3.05, 3.63) is 29.8 Å². The molecule has 1 aromatic rings. The maximum atomic E-state index is 12.0. The van der Waals surface area contributed by atoms with Gasteiger partial charge in [0.05, 0.1) is 10.6 Å². The first-order chi connectivity index (χ1) is 8.90. The molecule has 1 saturated carbocycles. The van der Waals surface area contributed by atoms with Gasteiger partial charge in [-0.2, -0.15) is 0 Å². The zero-order valence-electron chi connectivity index (χ0n) is 10.6. The number of nitrogens with one attached hydrogen (secondary N) is 2. The monoisotopic (exact) mass is 280 g/mol. The van der Waals surface area contributed by atoms with E-state index in [0.29, 0.717) is 0 Å². The molecule has 0 aromatic heterocycles. The summed E-state index contributed by atoms with van der Waals surface area (Å²) in [6, 6.07) is 6.11. The molecule has 1 saturated heterocycles. The van der Waals surface area contributed by atoms with E-state index in [-0.39, 0.29) is 22.5 Å². The lowest BCUT2D eigenvalue weighted by atomic mass is 9.85. The van der Waals surface area contributed by atoms with Crippen molar-refractivity contribution in [3.63, 3.8) is 0 Å². The van der Waals surface area contributed by atoms with Gasteiger partial charge in [-0.05, 0) is 37.0 Å². The highest BCUT2D eigenvalue weighted by Crippen LogP contribution is 2.36. The summed E-state index contributed by atoms with van der Waals surface area (Å²) in [7, 11) is -3.19. The molecular formula is C13H16N2O3S. The number of sulfone groups is 1. The van der Waals surface area contributed by atoms with E-state index in [1.54, 1.807) is 24.3 Å². The van der Waals surface area contributed by atoms with Gasteiger partial charge in [0.15, 0.2) is 9.84 Å². The van der Waals surface area contributed by atoms with Gasteiger partial charge in [0.1, 0.15) is 6.04 Å². The predicted octanol–water partition coefficient (Wildman–Crippen LogP) is 0.731. The second kappa shape index (κ2) is 4.05. The van der Waals surface area contributed by atoms with Crippen LogP contribution in [0.15, 0.2) is 29.2 Å². The summed E-state index contributed by atoms with van der Waals surface area (Å²) in [5.74, 6) is -0.0354. The molecule has 0 radical (unpaired) electrons. The third-order valence-electron chi connectivity index (χ3n) is 3.89. The first kappa shape index (κ1) is 12.6. The van der Waals surface area contributed by atoms with Crippen molar-refractivity contribution >= 4 is 15.7 Å². The molecule has 19 heavy (non-hydrogen) atoms. The number of amides is 1. The van der Waals surface area contributed by atoms with Crippen LogP contribution in [0.3, 0.4) is 0 Å². The molecule has 1 aliphatic heterocycles. The average molecular weight is 280 g/mol. The number of benzene rings is 1. The SMILES string of the molecule is CS(=O)(=O)c1ccc([C@H]2NC3(CCC3)NC2=O)cc1. The smallest absolute Gasteiger partial charge is 0.243 e. The van der Waals surface area contributed by atoms with Crippen molar-refractivity contribution in [2.75, 3.05) is 6.26 Å². The molecule has 3 rings (SSSR count). The van der Waals surface area contributed by atoms with Crippen LogP contribution in [0.5, 0.6) is 0 Å². The quantitative estimate of drug-likeness (QED) is 0.837. The lowest BCUT2D eigenvalue weighted by molar-refractivity contribution is -0.121. The van der Waals surface area contributed by atoms with Crippen LogP contribution in [0.2, 0.25) is 0 Å². The second-order valence-electron chi connectivity index (χ2n) is 5.34. The molecular weight excluding hydrogens is 264 g/mol. The van der Waals surface area contributed by atoms with E-state index in [0.717, 1.165) is 24.8 Å². The highest BCUT2D eigenvalue weighted by molar-refractivity contribution is 7.90. The Hall–Kier alpha value is -1.40. The summed E-state index contributed by atoms with van der Waals surface area (Å²) in [5, 5.41) is 6.31. The Balaban J connectivity index is 1.85. The number of carbonyl (C=O) groups is 1. The molecule has 1 heterocycles. The highest BCUT2D eigenvalue weighted by Gasteiger charge is 2.47. The fourth-order valence-corrected chi connectivity index (χ4v) is 3.26. The minimum Gasteiger partial charge on any atom is -0.336 e. The minimum atomic E-state index is -3.19. The third kappa shape index (κ3) is 2.15. The third-order valence-corrected chi connectivity index (χ3v) is 5.02. The van der Waals surface area contributed by atoms with Gasteiger partial charge in [0, 0.05) is 6.26 Å². The van der Waals surface area contributed by atoms with E-state index < -0.39 is 9.84 Å². The summed E-state index contributed by atoms with van der Waals surface area (Å²) in [5.41, 5.74) is 0.575. The lowest BCUT2D eigenvalue weighted by Crippen LogP contribution is -2.55. The van der Waals surface area contributed by atoms with E-state index in [1.807, 2.05) is 0 Å². The molecule has 2 fully saturated rings. The first-order valence-electron chi connectivity index (χ1n) is 6.29. The summed E-state index contributed by atoms with van der Waals surface area (Å²) in [4.78, 5) is 12.2. The standard InChI is InChI=1S/C13H16N2O3S/c1-19(17,18)10-5-3-9(4-6-10)11-12(16)15-13(14-11)7-2-8-13/h3-6,11,14H,2,7-8H2,1H3,(H,15,16)/t11-/m1/s1. The summed E-state index contributed by atoms with van der Waals surface area (Å²) in [6.45, 7) is 0. The Kier molecular flexibility index (Phi) is 2.69. The van der Waals surface area contributed by atoms with Crippen LogP contribution >= 0.6 is 0 Å². The van der Waals surface area contributed by atoms with Crippen LogP contribution in [0.4, 0.5) is 0 Å². The summed E-state index contributed by atoms with van der Waals surface area (Å²) in [6.07, 6.45) is 4.20. The number of hydrogen-bond acceptors (Lipinski definition) is 4. The van der Waals surface area contributed by atoms with Crippen LogP contribution in [-0.2, 0) is 14.6 Å². The predicted molar refractivity (Wildman–Crippen MR) is 70.2 cm³/mol. The lowest BCUT2D eigenvalue weighted by Gasteiger charge is -2.38. The van der Waals surface area contributed by atoms with Crippen LogP contribution < -0.4 is 10.6 Å². The van der Waals surface area contributed by atoms with E-state index in [4.69, 9.17) is 0 Å². The first-order valence-corrected chi connectivity index (χ1v) is 8.19. The number of carbonyl (C=O) groups excluding carboxylic acids is 1. The molecule has 2 N–H and O–H groups in total. The largest absolute Gasteiger partial charge is 0.336 e. The Bertz CT molecular complexity index is 618. The molecule has 1 aliphatic carbocycles. The van der Waals surface area contributed by atoms with Crippen molar-refractivity contribution in [2.24, 2.45) is 0 Å². The molecule has 5 nitrogen and oxygen atoms in total. The van der Waals surface area contributed by atoms with Gasteiger partial charge in [-0.3, -0.25) is 10.1 Å². The van der Waals surface area contributed by atoms with Crippen LogP contribution in [0.25, 0.3) is 0 Å². The molecule has 6 heteroatoms. The zero-order valence-corrected chi connectivity index (χ0v) is 11.5. The van der Waals surface area contributed by atoms with Gasteiger partial charge in [-0.1, -0.05) is 12.1 Å². The Morgan fingerprint density at radius 3 is 2.26 bits per heavy atom. The van der Waals surface area contributed by atoms with Gasteiger partial charge in [0.25, 0.3) is 0 Å². The van der Waals surface area contributed by atoms with Crippen LogP contribution in [0.1, 0.15) is 30.9 Å². The highest BCUT2D eigenvalue weighted by atomic mass is 32.2. The van der Waals surface area contributed by atoms with Gasteiger partial charge in [0.2, 0.25) is 5.91 Å². The topological polar surface area (TPSA) is 75.3 Å². The number of rotatable bonds is 2. The van der Waals surface area contributed by atoms with E-state index in [9.17, 15) is 13.2 Å². The van der Waals surface area contributed by atoms with E-state index in [1.165, 1.54) is 6.26 Å². The Labute approximate surface area is 112 Å². The fourth-order valence-electron chi connectivity index (χ4n) is 2.63. The van der Waals surface area contributed by atoms with Crippen molar-refractivity contribution in [3.8, 4) is 0 Å². The van der Waals surface area contributed by atoms with Crippen molar-refractivity contribution in [2.45, 2.75) is 35.9 Å². The zero-order chi connectivity index (χ0) is 13.7. The van der Waals surface area contributed by atoms with Crippen molar-refractivity contribution < 1.29 is 13.2 Å². The Morgan fingerprint density at radius 1 is 1.21 bits per heavy atom. The minimum absolute atomic E-state index is 0.0354. The molecule has 1 aromatic carbocycles. The van der Waals surface area contributed by atoms with Crippen LogP contribution in [-0.4, -0.2) is 26.2 Å². The van der Waals surface area contributed by atoms with E-state index in [2.05, 4.69) is 10.6 Å². The number of hydrogen-bond donors (Lipinski definition) is 2. The fraction of sp³-hybridized carbons (Fsp3) is 0.462. The summed E-state index contributed by atoms with van der Waals surface area (Å²) < 4.78 is 22.8. The van der Waals surface area contributed by atoms with Crippen molar-refractivity contribution in [1.29, 1.82) is 0 Å². The molecule has 1 spiro atoms. The molecule has 102 valence electrons. The summed E-state index contributed by atoms with van der Waals surface area (Å²) >= 11 is 0. The molecule has 0 bridgehead atoms. The maximum Gasteiger partial charge on any atom is 0.243 e. The molecule has 2 aliphatic rings. The molecule has 1 atom stereocenters. The van der Waals surface area contributed by atoms with Gasteiger partial charge in [-0.25, -0.2) is 8.42 Å². The molecule has 0 unspecified atom stereocenters. The van der Waals surface area contributed by atoms with E-state index >= 15 is 0 Å². The normalized spacial score (nSPS) is 25.1. The maximum absolute atomic E-state index is 12.0. The van der Waals surface area contributed by atoms with Crippen molar-refractivity contribution in [1.82, 2.24) is 10.6 Å². The van der Waals surface area contributed by atoms with Gasteiger partial charge >= 0.3 is 0 Å². The molecule has 1 amide bonds. The average Bonchev–Trinajstić information content (AvgIpc) is 2.66. The van der Waals surface area contributed by atoms with Crippen LogP contribution in [0, 0.1) is 0 Å². The second-order valence-corrected chi connectivity index (χ2v) is 7.36. The Morgan fingerprint density at radius 2 is 1.84 bits per heavy atom. The van der Waals surface area contributed by atoms with Gasteiger partial charge < -0.3 is 5.32 Å². The van der Waals surface area contributed by atoms with Gasteiger partial charge in [-0.15, -0.1) is 0 Å².